The zero-order chi connectivity index (χ0) is 24.9. The highest BCUT2D eigenvalue weighted by Crippen LogP contribution is 2.26. The molecule has 11 heteroatoms. The van der Waals surface area contributed by atoms with Gasteiger partial charge in [0.05, 0.1) is 33.2 Å². The van der Waals surface area contributed by atoms with E-state index in [2.05, 4.69) is 15.3 Å². The third-order valence-electron chi connectivity index (χ3n) is 6.67. The number of likely N-dealkylation sites (tertiary alicyclic amines) is 1. The van der Waals surface area contributed by atoms with Gasteiger partial charge in [0.15, 0.2) is 0 Å². The van der Waals surface area contributed by atoms with Gasteiger partial charge in [-0.15, -0.1) is 0 Å². The molecule has 5 rings (SSSR count). The van der Waals surface area contributed by atoms with Crippen molar-refractivity contribution in [1.29, 1.82) is 0 Å². The molecule has 35 heavy (non-hydrogen) atoms. The fourth-order valence-corrected chi connectivity index (χ4v) is 4.86. The van der Waals surface area contributed by atoms with Crippen molar-refractivity contribution in [2.75, 3.05) is 18.4 Å². The van der Waals surface area contributed by atoms with Crippen LogP contribution in [0.5, 0.6) is 0 Å². The summed E-state index contributed by atoms with van der Waals surface area (Å²) in [5.74, 6) is -0.314. The van der Waals surface area contributed by atoms with Gasteiger partial charge in [-0.25, -0.2) is 9.59 Å². The van der Waals surface area contributed by atoms with Crippen molar-refractivity contribution in [2.45, 2.75) is 25.8 Å². The zero-order valence-electron chi connectivity index (χ0n) is 19.3. The van der Waals surface area contributed by atoms with E-state index in [0.29, 0.717) is 54.3 Å². The summed E-state index contributed by atoms with van der Waals surface area (Å²) in [5.41, 5.74) is 1.84. The van der Waals surface area contributed by atoms with E-state index in [1.54, 1.807) is 24.1 Å². The van der Waals surface area contributed by atoms with E-state index in [4.69, 9.17) is 0 Å². The highest BCUT2D eigenvalue weighted by molar-refractivity contribution is 6.04. The lowest BCUT2D eigenvalue weighted by Gasteiger charge is -2.33. The first-order valence-electron chi connectivity index (χ1n) is 11.3. The summed E-state index contributed by atoms with van der Waals surface area (Å²) in [6.45, 7) is 2.55. The maximum absolute atomic E-state index is 13.3. The quantitative estimate of drug-likeness (QED) is 0.380. The lowest BCUT2D eigenvalue weighted by molar-refractivity contribution is -0.105. The molecule has 0 spiro atoms. The number of anilines is 1. The number of H-pyrrole nitrogens is 2. The van der Waals surface area contributed by atoms with Crippen LogP contribution in [0.4, 0.5) is 5.69 Å². The molecular formula is C24H24N6O5. The topological polar surface area (TPSA) is 142 Å². The van der Waals surface area contributed by atoms with Gasteiger partial charge in [-0.3, -0.25) is 23.5 Å². The van der Waals surface area contributed by atoms with Crippen molar-refractivity contribution < 1.29 is 9.59 Å². The number of carbonyl (C=O) groups excluding carboxylic acids is 2. The number of carbonyl (C=O) groups is 2. The van der Waals surface area contributed by atoms with Crippen molar-refractivity contribution in [3.8, 4) is 0 Å². The van der Waals surface area contributed by atoms with Gasteiger partial charge >= 0.3 is 11.4 Å². The molecule has 0 atom stereocenters. The average Bonchev–Trinajstić information content (AvgIpc) is 3.21. The van der Waals surface area contributed by atoms with Crippen molar-refractivity contribution in [2.24, 2.45) is 7.05 Å². The van der Waals surface area contributed by atoms with Crippen LogP contribution in [-0.4, -0.2) is 49.4 Å². The van der Waals surface area contributed by atoms with E-state index < -0.39 is 5.69 Å². The van der Waals surface area contributed by atoms with E-state index in [1.807, 2.05) is 13.0 Å². The van der Waals surface area contributed by atoms with Crippen molar-refractivity contribution in [1.82, 2.24) is 24.0 Å². The Morgan fingerprint density at radius 1 is 1.06 bits per heavy atom. The molecule has 2 aromatic heterocycles. The van der Waals surface area contributed by atoms with E-state index in [9.17, 15) is 24.0 Å². The van der Waals surface area contributed by atoms with Gasteiger partial charge in [-0.1, -0.05) is 11.6 Å². The number of fused-ring (bicyclic) bond motifs is 2. The SMILES string of the molecule is Cc1ccc2c(c1)c(=O)n(C1CCN(C(=O)c3cc4[nH]c(=O)[nH]c4cc3NC=O)CC1)c(=O)n2C. The van der Waals surface area contributed by atoms with Gasteiger partial charge in [0.25, 0.3) is 11.5 Å². The highest BCUT2D eigenvalue weighted by atomic mass is 16.2. The van der Waals surface area contributed by atoms with E-state index in [1.165, 1.54) is 21.3 Å². The number of amides is 2. The molecule has 0 aliphatic carbocycles. The second-order valence-electron chi connectivity index (χ2n) is 8.85. The molecule has 2 amide bonds. The highest BCUT2D eigenvalue weighted by Gasteiger charge is 2.29. The van der Waals surface area contributed by atoms with Gasteiger partial charge < -0.3 is 20.2 Å². The molecule has 0 bridgehead atoms. The first-order chi connectivity index (χ1) is 16.8. The average molecular weight is 476 g/mol. The minimum Gasteiger partial charge on any atom is -0.338 e. The van der Waals surface area contributed by atoms with Gasteiger partial charge in [0, 0.05) is 26.2 Å². The lowest BCUT2D eigenvalue weighted by atomic mass is 10.0. The first kappa shape index (κ1) is 22.4. The van der Waals surface area contributed by atoms with Crippen LogP contribution in [0.25, 0.3) is 21.9 Å². The number of nitrogens with one attached hydrogen (secondary N) is 3. The van der Waals surface area contributed by atoms with Gasteiger partial charge in [0.1, 0.15) is 0 Å². The molecular weight excluding hydrogens is 452 g/mol. The summed E-state index contributed by atoms with van der Waals surface area (Å²) in [6.07, 6.45) is 1.33. The molecule has 11 nitrogen and oxygen atoms in total. The van der Waals surface area contributed by atoms with Crippen LogP contribution in [0.3, 0.4) is 0 Å². The number of aryl methyl sites for hydroxylation is 2. The Morgan fingerprint density at radius 2 is 1.74 bits per heavy atom. The Bertz CT molecular complexity index is 1670. The molecule has 1 aliphatic heterocycles. The molecule has 1 fully saturated rings. The monoisotopic (exact) mass is 476 g/mol. The molecule has 3 heterocycles. The first-order valence-corrected chi connectivity index (χ1v) is 11.3. The third-order valence-corrected chi connectivity index (χ3v) is 6.67. The van der Waals surface area contributed by atoms with Crippen molar-refractivity contribution in [3.63, 3.8) is 0 Å². The molecule has 180 valence electrons. The summed E-state index contributed by atoms with van der Waals surface area (Å²) >= 11 is 0. The summed E-state index contributed by atoms with van der Waals surface area (Å²) in [4.78, 5) is 69.2. The summed E-state index contributed by atoms with van der Waals surface area (Å²) < 4.78 is 2.79. The summed E-state index contributed by atoms with van der Waals surface area (Å²) in [7, 11) is 1.65. The standard InChI is InChI=1S/C24H24N6O5/c1-13-3-4-20-16(9-13)22(33)30(24(35)28(20)2)14-5-7-29(8-6-14)21(32)15-10-18-19(27-23(34)26-18)11-17(15)25-12-31/h3-4,9-12,14H,5-8H2,1-2H3,(H,25,31)(H2,26,27,34). The van der Waals surface area contributed by atoms with Crippen LogP contribution in [0.2, 0.25) is 0 Å². The van der Waals surface area contributed by atoms with Crippen LogP contribution in [-0.2, 0) is 11.8 Å². The Hall–Kier alpha value is -4.41. The number of hydrogen-bond donors (Lipinski definition) is 3. The zero-order valence-corrected chi connectivity index (χ0v) is 19.3. The van der Waals surface area contributed by atoms with Crippen molar-refractivity contribution >= 4 is 39.9 Å². The number of aromatic amines is 2. The number of imidazole rings is 1. The Morgan fingerprint density at radius 3 is 2.43 bits per heavy atom. The normalized spacial score (nSPS) is 14.5. The van der Waals surface area contributed by atoms with Gasteiger partial charge in [-0.05, 0) is 44.0 Å². The summed E-state index contributed by atoms with van der Waals surface area (Å²) in [6, 6.07) is 8.14. The Kier molecular flexibility index (Phi) is 5.39. The molecule has 3 N–H and O–H groups in total. The van der Waals surface area contributed by atoms with Gasteiger partial charge in [0.2, 0.25) is 6.41 Å². The second kappa shape index (κ2) is 8.42. The number of hydrogen-bond acceptors (Lipinski definition) is 5. The predicted octanol–water partition coefficient (Wildman–Crippen LogP) is 1.22. The smallest absolute Gasteiger partial charge is 0.331 e. The minimum atomic E-state index is -0.417. The number of nitrogens with zero attached hydrogens (tertiary/aromatic N) is 3. The molecule has 4 aromatic rings. The van der Waals surface area contributed by atoms with E-state index in [0.717, 1.165) is 5.56 Å². The lowest BCUT2D eigenvalue weighted by Crippen LogP contribution is -2.46. The van der Waals surface area contributed by atoms with Crippen LogP contribution < -0.4 is 22.3 Å². The van der Waals surface area contributed by atoms with Crippen LogP contribution in [0, 0.1) is 6.92 Å². The van der Waals surface area contributed by atoms with E-state index in [-0.39, 0.29) is 34.4 Å². The number of benzene rings is 2. The molecule has 2 aromatic carbocycles. The maximum Gasteiger partial charge on any atom is 0.331 e. The minimum absolute atomic E-state index is 0.243. The van der Waals surface area contributed by atoms with Crippen LogP contribution >= 0.6 is 0 Å². The summed E-state index contributed by atoms with van der Waals surface area (Å²) in [5, 5.41) is 3.01. The largest absolute Gasteiger partial charge is 0.338 e. The van der Waals surface area contributed by atoms with Gasteiger partial charge in [-0.2, -0.15) is 0 Å². The maximum atomic E-state index is 13.3. The van der Waals surface area contributed by atoms with Crippen LogP contribution in [0.15, 0.2) is 44.7 Å². The number of piperidine rings is 1. The van der Waals surface area contributed by atoms with E-state index >= 15 is 0 Å². The molecule has 0 unspecified atom stereocenters. The Balaban J connectivity index is 1.44. The molecule has 0 saturated carbocycles. The molecule has 1 saturated heterocycles. The van der Waals surface area contributed by atoms with Crippen LogP contribution in [0.1, 0.15) is 34.8 Å². The Labute approximate surface area is 198 Å². The second-order valence-corrected chi connectivity index (χ2v) is 8.85. The number of rotatable bonds is 4. The fraction of sp³-hybridized carbons (Fsp3) is 0.292. The predicted molar refractivity (Wildman–Crippen MR) is 131 cm³/mol. The fourth-order valence-electron chi connectivity index (χ4n) is 4.86. The third kappa shape index (κ3) is 3.74. The molecule has 1 aliphatic rings. The molecule has 0 radical (unpaired) electrons. The van der Waals surface area contributed by atoms with Crippen molar-refractivity contribution in [3.05, 3.63) is 72.8 Å². The number of aromatic nitrogens is 4.